The van der Waals surface area contributed by atoms with Gasteiger partial charge in [-0.25, -0.2) is 9.89 Å². The molecule has 0 fully saturated rings. The Balaban J connectivity index is 2.81. The number of aryl methyl sites for hydroxylation is 1. The Morgan fingerprint density at radius 2 is 2.38 bits per heavy atom. The summed E-state index contributed by atoms with van der Waals surface area (Å²) < 4.78 is 0. The first-order valence-corrected chi connectivity index (χ1v) is 4.36. The van der Waals surface area contributed by atoms with E-state index in [-0.39, 0.29) is 5.75 Å². The molecule has 1 aromatic heterocycles. The van der Waals surface area contributed by atoms with Crippen molar-refractivity contribution >= 4 is 17.7 Å². The van der Waals surface area contributed by atoms with Gasteiger partial charge in [0.25, 0.3) is 0 Å². The fraction of sp³-hybridized carbons (Fsp3) is 0.333. The van der Waals surface area contributed by atoms with E-state index in [0.29, 0.717) is 10.7 Å². The van der Waals surface area contributed by atoms with Gasteiger partial charge in [0, 0.05) is 0 Å². The second kappa shape index (κ2) is 4.04. The Morgan fingerprint density at radius 3 is 3.00 bits per heavy atom. The summed E-state index contributed by atoms with van der Waals surface area (Å²) in [5.41, 5.74) is -0.0515. The summed E-state index contributed by atoms with van der Waals surface area (Å²) in [7, 11) is 0. The van der Waals surface area contributed by atoms with Gasteiger partial charge in [0.15, 0.2) is 0 Å². The number of hydrogen-bond donors (Lipinski definition) is 2. The van der Waals surface area contributed by atoms with Gasteiger partial charge in [-0.05, 0) is 6.92 Å². The highest BCUT2D eigenvalue weighted by Gasteiger charge is 2.05. The van der Waals surface area contributed by atoms with Crippen LogP contribution in [-0.4, -0.2) is 32.0 Å². The molecular formula is C6H7N3O3S. The number of carboxylic acid groups (broad SMARTS) is 1. The zero-order valence-electron chi connectivity index (χ0n) is 6.77. The maximum atomic E-state index is 10.7. The number of carboxylic acids is 1. The van der Waals surface area contributed by atoms with E-state index < -0.39 is 11.7 Å². The zero-order chi connectivity index (χ0) is 9.84. The Hall–Kier alpha value is -1.37. The standard InChI is InChI=1S/C6H7N3O3S/c1-3-5(13-2-4(10)11)7-6(12)9-8-3/h2H2,1H3,(H,10,11)(H,7,9,12). The number of carbonyl (C=O) groups is 1. The van der Waals surface area contributed by atoms with E-state index >= 15 is 0 Å². The van der Waals surface area contributed by atoms with Crippen molar-refractivity contribution in [2.24, 2.45) is 0 Å². The lowest BCUT2D eigenvalue weighted by Crippen LogP contribution is -2.14. The number of nitrogens with one attached hydrogen (secondary N) is 1. The average Bonchev–Trinajstić information content (AvgIpc) is 2.06. The van der Waals surface area contributed by atoms with Gasteiger partial charge in [-0.15, -0.1) is 0 Å². The fourth-order valence-electron chi connectivity index (χ4n) is 0.644. The minimum atomic E-state index is -0.952. The van der Waals surface area contributed by atoms with E-state index in [1.165, 1.54) is 0 Å². The Morgan fingerprint density at radius 1 is 1.69 bits per heavy atom. The number of aromatic nitrogens is 3. The van der Waals surface area contributed by atoms with E-state index in [1.807, 2.05) is 0 Å². The maximum absolute atomic E-state index is 10.7. The summed E-state index contributed by atoms with van der Waals surface area (Å²) in [6.07, 6.45) is 0. The van der Waals surface area contributed by atoms with Crippen LogP contribution in [0.3, 0.4) is 0 Å². The normalized spacial score (nSPS) is 9.92. The molecule has 0 aromatic carbocycles. The highest BCUT2D eigenvalue weighted by atomic mass is 32.2. The number of H-pyrrole nitrogens is 1. The minimum Gasteiger partial charge on any atom is -0.481 e. The summed E-state index contributed by atoms with van der Waals surface area (Å²) >= 11 is 0.976. The average molecular weight is 201 g/mol. The van der Waals surface area contributed by atoms with Crippen molar-refractivity contribution in [3.05, 3.63) is 16.2 Å². The summed E-state index contributed by atoms with van der Waals surface area (Å²) in [4.78, 5) is 24.5. The Bertz CT molecular complexity index is 376. The number of hydrogen-bond acceptors (Lipinski definition) is 5. The summed E-state index contributed by atoms with van der Waals surface area (Å²) in [6.45, 7) is 1.65. The first kappa shape index (κ1) is 9.72. The topological polar surface area (TPSA) is 95.9 Å². The molecule has 0 bridgehead atoms. The van der Waals surface area contributed by atoms with Crippen molar-refractivity contribution in [2.45, 2.75) is 11.9 Å². The molecule has 0 saturated heterocycles. The number of aliphatic carboxylic acids is 1. The van der Waals surface area contributed by atoms with Crippen LogP contribution < -0.4 is 5.69 Å². The van der Waals surface area contributed by atoms with Gasteiger partial charge in [-0.1, -0.05) is 11.8 Å². The SMILES string of the molecule is Cc1n[nH]c(=O)nc1SCC(=O)O. The molecule has 2 N–H and O–H groups in total. The van der Waals surface area contributed by atoms with E-state index in [0.717, 1.165) is 11.8 Å². The largest absolute Gasteiger partial charge is 0.481 e. The molecule has 6 nitrogen and oxygen atoms in total. The molecule has 0 saturated carbocycles. The Labute approximate surface area is 77.4 Å². The van der Waals surface area contributed by atoms with Crippen molar-refractivity contribution in [2.75, 3.05) is 5.75 Å². The van der Waals surface area contributed by atoms with Crippen LogP contribution in [0.1, 0.15) is 5.69 Å². The lowest BCUT2D eigenvalue weighted by atomic mass is 10.5. The van der Waals surface area contributed by atoms with Gasteiger partial charge in [0.05, 0.1) is 11.4 Å². The molecule has 0 aliphatic heterocycles. The third-order valence-corrected chi connectivity index (χ3v) is 2.22. The van der Waals surface area contributed by atoms with Crippen molar-refractivity contribution in [1.29, 1.82) is 0 Å². The van der Waals surface area contributed by atoms with Crippen LogP contribution in [0.5, 0.6) is 0 Å². The molecule has 7 heteroatoms. The molecule has 1 rings (SSSR count). The summed E-state index contributed by atoms with van der Waals surface area (Å²) in [5, 5.41) is 14.5. The van der Waals surface area contributed by atoms with Crippen LogP contribution in [0.2, 0.25) is 0 Å². The molecule has 1 heterocycles. The third-order valence-electron chi connectivity index (χ3n) is 1.16. The van der Waals surface area contributed by atoms with Gasteiger partial charge in [-0.3, -0.25) is 4.79 Å². The van der Waals surface area contributed by atoms with Crippen LogP contribution in [0.4, 0.5) is 0 Å². The molecule has 1 aromatic rings. The second-order valence-electron chi connectivity index (χ2n) is 2.21. The predicted octanol–water partition coefficient (Wildman–Crippen LogP) is -0.350. The summed E-state index contributed by atoms with van der Waals surface area (Å²) in [6, 6.07) is 0. The maximum Gasteiger partial charge on any atom is 0.362 e. The molecule has 13 heavy (non-hydrogen) atoms. The highest BCUT2D eigenvalue weighted by Crippen LogP contribution is 2.14. The molecule has 0 radical (unpaired) electrons. The lowest BCUT2D eigenvalue weighted by molar-refractivity contribution is -0.133. The molecule has 0 atom stereocenters. The van der Waals surface area contributed by atoms with Gasteiger partial charge >= 0.3 is 11.7 Å². The van der Waals surface area contributed by atoms with Crippen LogP contribution in [-0.2, 0) is 4.79 Å². The van der Waals surface area contributed by atoms with Gasteiger partial charge in [-0.2, -0.15) is 10.1 Å². The summed E-state index contributed by atoms with van der Waals surface area (Å²) in [5.74, 6) is -1.08. The number of nitrogens with zero attached hydrogens (tertiary/aromatic N) is 2. The van der Waals surface area contributed by atoms with Crippen molar-refractivity contribution < 1.29 is 9.90 Å². The predicted molar refractivity (Wildman–Crippen MR) is 45.7 cm³/mol. The molecule has 0 aliphatic carbocycles. The molecular weight excluding hydrogens is 194 g/mol. The third kappa shape index (κ3) is 2.86. The smallest absolute Gasteiger partial charge is 0.362 e. The van der Waals surface area contributed by atoms with Gasteiger partial charge in [0.2, 0.25) is 0 Å². The van der Waals surface area contributed by atoms with Gasteiger partial charge in [0.1, 0.15) is 5.03 Å². The highest BCUT2D eigenvalue weighted by molar-refractivity contribution is 7.99. The van der Waals surface area contributed by atoms with Crippen LogP contribution in [0.15, 0.2) is 9.82 Å². The number of aromatic amines is 1. The number of thioether (sulfide) groups is 1. The molecule has 0 amide bonds. The van der Waals surface area contributed by atoms with E-state index in [9.17, 15) is 9.59 Å². The monoisotopic (exact) mass is 201 g/mol. The van der Waals surface area contributed by atoms with E-state index in [2.05, 4.69) is 15.2 Å². The second-order valence-corrected chi connectivity index (χ2v) is 3.18. The first-order valence-electron chi connectivity index (χ1n) is 3.37. The molecule has 0 aliphatic rings. The van der Waals surface area contributed by atoms with Crippen molar-refractivity contribution in [3.8, 4) is 0 Å². The zero-order valence-corrected chi connectivity index (χ0v) is 7.59. The quantitative estimate of drug-likeness (QED) is 0.649. The van der Waals surface area contributed by atoms with E-state index in [4.69, 9.17) is 5.11 Å². The van der Waals surface area contributed by atoms with Crippen molar-refractivity contribution in [1.82, 2.24) is 15.2 Å². The lowest BCUT2D eigenvalue weighted by Gasteiger charge is -1.98. The first-order chi connectivity index (χ1) is 6.09. The van der Waals surface area contributed by atoms with Crippen LogP contribution in [0, 0.1) is 6.92 Å². The molecule has 70 valence electrons. The van der Waals surface area contributed by atoms with Crippen molar-refractivity contribution in [3.63, 3.8) is 0 Å². The molecule has 0 unspecified atom stereocenters. The Kier molecular flexibility index (Phi) is 3.02. The van der Waals surface area contributed by atoms with Gasteiger partial charge < -0.3 is 5.11 Å². The van der Waals surface area contributed by atoms with Crippen LogP contribution in [0.25, 0.3) is 0 Å². The molecule has 0 spiro atoms. The van der Waals surface area contributed by atoms with E-state index in [1.54, 1.807) is 6.92 Å². The van der Waals surface area contributed by atoms with Crippen LogP contribution >= 0.6 is 11.8 Å². The fourth-order valence-corrected chi connectivity index (χ4v) is 1.31. The number of rotatable bonds is 3. The minimum absolute atomic E-state index is 0.126.